The van der Waals surface area contributed by atoms with Crippen molar-refractivity contribution in [1.29, 1.82) is 0 Å². The Morgan fingerprint density at radius 1 is 1.24 bits per heavy atom. The summed E-state index contributed by atoms with van der Waals surface area (Å²) in [7, 11) is 1.47. The number of hydrogen-bond acceptors (Lipinski definition) is 3. The van der Waals surface area contributed by atoms with Crippen molar-refractivity contribution in [3.63, 3.8) is 0 Å². The summed E-state index contributed by atoms with van der Waals surface area (Å²) in [5, 5.41) is 3.56. The van der Waals surface area contributed by atoms with Crippen LogP contribution in [0.4, 0.5) is 0 Å². The smallest absolute Gasteiger partial charge is 0.327 e. The minimum absolute atomic E-state index is 0.180. The predicted molar refractivity (Wildman–Crippen MR) is 85.2 cm³/mol. The van der Waals surface area contributed by atoms with Gasteiger partial charge in [-0.3, -0.25) is 5.32 Å². The maximum absolute atomic E-state index is 12.3. The van der Waals surface area contributed by atoms with Crippen LogP contribution in [0.3, 0.4) is 0 Å². The Morgan fingerprint density at radius 3 is 2.52 bits per heavy atom. The monoisotopic (exact) mass is 289 g/mol. The van der Waals surface area contributed by atoms with Crippen molar-refractivity contribution in [2.75, 3.05) is 7.11 Å². The summed E-state index contributed by atoms with van der Waals surface area (Å²) in [6.07, 6.45) is 8.36. The van der Waals surface area contributed by atoms with E-state index in [4.69, 9.17) is 4.74 Å². The number of hydrogen-bond donors (Lipinski definition) is 1. The first-order chi connectivity index (χ1) is 10.3. The highest BCUT2D eigenvalue weighted by molar-refractivity contribution is 5.78. The number of esters is 1. The van der Waals surface area contributed by atoms with Gasteiger partial charge in [0.25, 0.3) is 0 Å². The third-order valence-corrected chi connectivity index (χ3v) is 4.44. The van der Waals surface area contributed by atoms with Crippen LogP contribution in [0, 0.1) is 0 Å². The summed E-state index contributed by atoms with van der Waals surface area (Å²) in [5.74, 6) is -0.180. The molecule has 1 atom stereocenters. The van der Waals surface area contributed by atoms with Gasteiger partial charge >= 0.3 is 5.97 Å². The predicted octanol–water partition coefficient (Wildman–Crippen LogP) is 3.78. The lowest BCUT2D eigenvalue weighted by Crippen LogP contribution is -2.38. The summed E-state index contributed by atoms with van der Waals surface area (Å²) in [5.41, 5.74) is 2.28. The van der Waals surface area contributed by atoms with Gasteiger partial charge in [0.05, 0.1) is 7.11 Å². The lowest BCUT2D eigenvalue weighted by molar-refractivity contribution is -0.143. The normalized spacial score (nSPS) is 18.0. The van der Waals surface area contributed by atoms with Gasteiger partial charge in [-0.15, -0.1) is 0 Å². The van der Waals surface area contributed by atoms with Crippen LogP contribution in [0.1, 0.15) is 62.6 Å². The van der Waals surface area contributed by atoms with E-state index in [1.54, 1.807) is 0 Å². The molecule has 1 aliphatic rings. The molecule has 0 spiro atoms. The van der Waals surface area contributed by atoms with Gasteiger partial charge in [0, 0.05) is 6.04 Å². The van der Waals surface area contributed by atoms with Gasteiger partial charge < -0.3 is 4.74 Å². The van der Waals surface area contributed by atoms with Gasteiger partial charge in [0.15, 0.2) is 0 Å². The molecular formula is C18H27NO2. The molecule has 0 saturated heterocycles. The lowest BCUT2D eigenvalue weighted by atomic mass is 9.97. The number of benzene rings is 1. The average Bonchev–Trinajstić information content (AvgIpc) is 2.80. The molecule has 1 fully saturated rings. The van der Waals surface area contributed by atoms with Crippen molar-refractivity contribution in [2.24, 2.45) is 0 Å². The largest absolute Gasteiger partial charge is 0.468 e. The number of rotatable bonds is 5. The molecule has 0 radical (unpaired) electrons. The van der Waals surface area contributed by atoms with Crippen LogP contribution in [0.15, 0.2) is 24.3 Å². The van der Waals surface area contributed by atoms with E-state index in [1.807, 2.05) is 18.2 Å². The first kappa shape index (κ1) is 16.0. The van der Waals surface area contributed by atoms with Crippen LogP contribution >= 0.6 is 0 Å². The van der Waals surface area contributed by atoms with Crippen molar-refractivity contribution < 1.29 is 9.53 Å². The van der Waals surface area contributed by atoms with E-state index in [-0.39, 0.29) is 12.0 Å². The Balaban J connectivity index is 2.19. The second-order valence-corrected chi connectivity index (χ2v) is 5.86. The van der Waals surface area contributed by atoms with E-state index in [0.717, 1.165) is 24.8 Å². The van der Waals surface area contributed by atoms with Crippen molar-refractivity contribution in [1.82, 2.24) is 5.32 Å². The van der Waals surface area contributed by atoms with Crippen LogP contribution in [0.2, 0.25) is 0 Å². The second-order valence-electron chi connectivity index (χ2n) is 5.86. The lowest BCUT2D eigenvalue weighted by Gasteiger charge is -2.25. The maximum atomic E-state index is 12.3. The highest BCUT2D eigenvalue weighted by Gasteiger charge is 2.26. The van der Waals surface area contributed by atoms with E-state index in [9.17, 15) is 4.79 Å². The third kappa shape index (κ3) is 4.31. The molecule has 0 bridgehead atoms. The van der Waals surface area contributed by atoms with Gasteiger partial charge in [0.2, 0.25) is 0 Å². The fraction of sp³-hybridized carbons (Fsp3) is 0.611. The summed E-state index contributed by atoms with van der Waals surface area (Å²) in [6, 6.07) is 8.25. The zero-order chi connectivity index (χ0) is 15.1. The average molecular weight is 289 g/mol. The van der Waals surface area contributed by atoms with Crippen LogP contribution < -0.4 is 5.32 Å². The van der Waals surface area contributed by atoms with E-state index in [0.29, 0.717) is 6.04 Å². The number of ether oxygens (including phenoxy) is 1. The van der Waals surface area contributed by atoms with Crippen LogP contribution in [-0.2, 0) is 16.0 Å². The molecule has 0 aromatic heterocycles. The molecule has 21 heavy (non-hydrogen) atoms. The number of aryl methyl sites for hydroxylation is 1. The topological polar surface area (TPSA) is 38.3 Å². The minimum atomic E-state index is -0.339. The standard InChI is InChI=1S/C18H27NO2/c1-3-14-10-8-9-13-16(14)17(18(20)21-2)19-15-11-6-4-5-7-12-15/h8-10,13,15,17,19H,3-7,11-12H2,1-2H3. The summed E-state index contributed by atoms with van der Waals surface area (Å²) in [4.78, 5) is 12.3. The van der Waals surface area contributed by atoms with Crippen molar-refractivity contribution >= 4 is 5.97 Å². The Bertz CT molecular complexity index is 450. The fourth-order valence-electron chi connectivity index (χ4n) is 3.22. The maximum Gasteiger partial charge on any atom is 0.327 e. The number of carbonyl (C=O) groups excluding carboxylic acids is 1. The van der Waals surface area contributed by atoms with Crippen molar-refractivity contribution in [2.45, 2.75) is 64.0 Å². The minimum Gasteiger partial charge on any atom is -0.468 e. The molecule has 3 heteroatoms. The van der Waals surface area contributed by atoms with Gasteiger partial charge in [-0.25, -0.2) is 4.79 Å². The first-order valence-corrected chi connectivity index (χ1v) is 8.18. The molecule has 3 nitrogen and oxygen atoms in total. The number of methoxy groups -OCH3 is 1. The first-order valence-electron chi connectivity index (χ1n) is 8.18. The Kier molecular flexibility index (Phi) is 6.24. The molecule has 1 aliphatic carbocycles. The van der Waals surface area contributed by atoms with Crippen molar-refractivity contribution in [3.05, 3.63) is 35.4 Å². The second kappa shape index (κ2) is 8.18. The third-order valence-electron chi connectivity index (χ3n) is 4.44. The van der Waals surface area contributed by atoms with E-state index in [1.165, 1.54) is 38.4 Å². The molecule has 1 aromatic carbocycles. The Hall–Kier alpha value is -1.35. The van der Waals surface area contributed by atoms with E-state index < -0.39 is 0 Å². The summed E-state index contributed by atoms with van der Waals surface area (Å²) < 4.78 is 5.04. The SMILES string of the molecule is CCc1ccccc1C(NC1CCCCCC1)C(=O)OC. The molecule has 116 valence electrons. The van der Waals surface area contributed by atoms with Crippen molar-refractivity contribution in [3.8, 4) is 0 Å². The van der Waals surface area contributed by atoms with E-state index in [2.05, 4.69) is 18.3 Å². The van der Waals surface area contributed by atoms with Gasteiger partial charge in [0.1, 0.15) is 6.04 Å². The zero-order valence-corrected chi connectivity index (χ0v) is 13.2. The molecule has 1 N–H and O–H groups in total. The summed E-state index contributed by atoms with van der Waals surface area (Å²) in [6.45, 7) is 2.12. The van der Waals surface area contributed by atoms with Gasteiger partial charge in [-0.1, -0.05) is 56.9 Å². The molecule has 1 unspecified atom stereocenters. The highest BCUT2D eigenvalue weighted by atomic mass is 16.5. The summed E-state index contributed by atoms with van der Waals surface area (Å²) >= 11 is 0. The molecule has 0 heterocycles. The zero-order valence-electron chi connectivity index (χ0n) is 13.2. The van der Waals surface area contributed by atoms with Gasteiger partial charge in [-0.2, -0.15) is 0 Å². The van der Waals surface area contributed by atoms with E-state index >= 15 is 0 Å². The highest BCUT2D eigenvalue weighted by Crippen LogP contribution is 2.24. The fourth-order valence-corrected chi connectivity index (χ4v) is 3.22. The number of carbonyl (C=O) groups is 1. The molecular weight excluding hydrogens is 262 g/mol. The Labute approximate surface area is 128 Å². The molecule has 2 rings (SSSR count). The Morgan fingerprint density at radius 2 is 1.90 bits per heavy atom. The molecule has 0 amide bonds. The number of nitrogens with one attached hydrogen (secondary N) is 1. The van der Waals surface area contributed by atoms with Crippen LogP contribution in [0.25, 0.3) is 0 Å². The quantitative estimate of drug-likeness (QED) is 0.662. The molecule has 1 aromatic rings. The molecule has 0 aliphatic heterocycles. The van der Waals surface area contributed by atoms with Gasteiger partial charge in [-0.05, 0) is 30.4 Å². The van der Waals surface area contributed by atoms with Crippen LogP contribution in [-0.4, -0.2) is 19.1 Å². The molecule has 1 saturated carbocycles. The van der Waals surface area contributed by atoms with Crippen LogP contribution in [0.5, 0.6) is 0 Å².